The number of benzene rings is 1. The number of carbonyl (C=O) groups excluding carboxylic acids is 2. The molecule has 19 heavy (non-hydrogen) atoms. The van der Waals surface area contributed by atoms with E-state index in [1.807, 2.05) is 6.07 Å². The maximum Gasteiger partial charge on any atom is 0.248 e. The molecular weight excluding hydrogens is 246 g/mol. The van der Waals surface area contributed by atoms with Gasteiger partial charge in [0, 0.05) is 18.3 Å². The topological polar surface area (TPSA) is 84.6 Å². The number of imide groups is 1. The monoisotopic (exact) mass is 259 g/mol. The molecule has 2 rings (SSSR count). The van der Waals surface area contributed by atoms with Gasteiger partial charge in [-0.1, -0.05) is 6.07 Å². The van der Waals surface area contributed by atoms with Gasteiger partial charge >= 0.3 is 0 Å². The first-order valence-electron chi connectivity index (χ1n) is 5.86. The fourth-order valence-electron chi connectivity index (χ4n) is 1.98. The lowest BCUT2D eigenvalue weighted by Crippen LogP contribution is -2.54. The number of phenolic OH excluding ortho intramolecular Hbond substituents is 1. The minimum atomic E-state index is -0.324. The number of rotatable bonds is 3. The highest BCUT2D eigenvalue weighted by molar-refractivity contribution is 6.02. The molecule has 6 heteroatoms. The molecule has 1 fully saturated rings. The second-order valence-electron chi connectivity index (χ2n) is 4.22. The number of nitrogens with zero attached hydrogens (tertiary/aromatic N) is 3. The summed E-state index contributed by atoms with van der Waals surface area (Å²) in [6.45, 7) is 0.281. The zero-order chi connectivity index (χ0) is 13.8. The van der Waals surface area contributed by atoms with Gasteiger partial charge in [0.1, 0.15) is 5.75 Å². The van der Waals surface area contributed by atoms with Crippen molar-refractivity contribution >= 4 is 17.5 Å². The van der Waals surface area contributed by atoms with Crippen LogP contribution in [-0.4, -0.2) is 41.5 Å². The van der Waals surface area contributed by atoms with E-state index in [1.165, 1.54) is 12.1 Å². The predicted octanol–water partition coefficient (Wildman–Crippen LogP) is 0.481. The third kappa shape index (κ3) is 2.83. The highest BCUT2D eigenvalue weighted by atomic mass is 16.3. The lowest BCUT2D eigenvalue weighted by atomic mass is 10.2. The van der Waals surface area contributed by atoms with Crippen LogP contribution in [0.1, 0.15) is 6.42 Å². The Hall–Kier alpha value is -2.55. The lowest BCUT2D eigenvalue weighted by Gasteiger charge is -2.33. The highest BCUT2D eigenvalue weighted by Gasteiger charge is 2.30. The van der Waals surface area contributed by atoms with Gasteiger partial charge in [-0.15, -0.1) is 0 Å². The first kappa shape index (κ1) is 12.9. The Morgan fingerprint density at radius 2 is 1.95 bits per heavy atom. The number of hydrogen-bond donors (Lipinski definition) is 1. The molecule has 1 N–H and O–H groups in total. The predicted molar refractivity (Wildman–Crippen MR) is 67.3 cm³/mol. The normalized spacial score (nSPS) is 15.5. The number of hydrogen-bond acceptors (Lipinski definition) is 5. The van der Waals surface area contributed by atoms with Crippen molar-refractivity contribution in [2.45, 2.75) is 6.42 Å². The molecule has 0 aliphatic carbocycles. The van der Waals surface area contributed by atoms with Gasteiger partial charge in [0.25, 0.3) is 0 Å². The van der Waals surface area contributed by atoms with Crippen LogP contribution in [0.5, 0.6) is 5.75 Å². The minimum absolute atomic E-state index is 0.0701. The molecule has 0 spiro atoms. The third-order valence-electron chi connectivity index (χ3n) is 2.90. The lowest BCUT2D eigenvalue weighted by molar-refractivity contribution is -0.145. The number of anilines is 1. The quantitative estimate of drug-likeness (QED) is 0.798. The van der Waals surface area contributed by atoms with Crippen molar-refractivity contribution in [2.24, 2.45) is 0 Å². The van der Waals surface area contributed by atoms with Crippen LogP contribution in [0.4, 0.5) is 5.69 Å². The molecule has 6 nitrogen and oxygen atoms in total. The number of aromatic hydroxyl groups is 1. The third-order valence-corrected chi connectivity index (χ3v) is 2.90. The van der Waals surface area contributed by atoms with E-state index in [1.54, 1.807) is 17.0 Å². The Morgan fingerprint density at radius 1 is 1.26 bits per heavy atom. The Morgan fingerprint density at radius 3 is 2.53 bits per heavy atom. The molecule has 0 unspecified atom stereocenters. The summed E-state index contributed by atoms with van der Waals surface area (Å²) in [7, 11) is 0. The van der Waals surface area contributed by atoms with Crippen molar-refractivity contribution < 1.29 is 14.7 Å². The van der Waals surface area contributed by atoms with Crippen molar-refractivity contribution in [3.63, 3.8) is 0 Å². The van der Waals surface area contributed by atoms with Crippen LogP contribution in [0.25, 0.3) is 0 Å². The van der Waals surface area contributed by atoms with Gasteiger partial charge in [-0.3, -0.25) is 14.5 Å². The fourth-order valence-corrected chi connectivity index (χ4v) is 1.98. The molecule has 1 aliphatic rings. The molecule has 1 saturated heterocycles. The maximum atomic E-state index is 11.9. The van der Waals surface area contributed by atoms with Crippen LogP contribution in [-0.2, 0) is 9.59 Å². The summed E-state index contributed by atoms with van der Waals surface area (Å²) in [5.74, 6) is -0.561. The summed E-state index contributed by atoms with van der Waals surface area (Å²) < 4.78 is 0. The van der Waals surface area contributed by atoms with Gasteiger partial charge in [0.05, 0.1) is 25.6 Å². The summed E-state index contributed by atoms with van der Waals surface area (Å²) in [6.07, 6.45) is 0.142. The van der Waals surface area contributed by atoms with Crippen LogP contribution >= 0.6 is 0 Å². The molecule has 0 saturated carbocycles. The number of carbonyl (C=O) groups is 2. The van der Waals surface area contributed by atoms with E-state index in [0.717, 1.165) is 4.90 Å². The molecule has 98 valence electrons. The van der Waals surface area contributed by atoms with E-state index in [2.05, 4.69) is 0 Å². The Kier molecular flexibility index (Phi) is 3.66. The summed E-state index contributed by atoms with van der Waals surface area (Å²) >= 11 is 0. The van der Waals surface area contributed by atoms with E-state index in [0.29, 0.717) is 5.69 Å². The maximum absolute atomic E-state index is 11.9. The van der Waals surface area contributed by atoms with Gasteiger partial charge in [-0.25, -0.2) is 0 Å². The van der Waals surface area contributed by atoms with Crippen molar-refractivity contribution in [1.82, 2.24) is 4.90 Å². The van der Waals surface area contributed by atoms with E-state index in [-0.39, 0.29) is 43.6 Å². The zero-order valence-corrected chi connectivity index (χ0v) is 10.2. The second kappa shape index (κ2) is 5.40. The molecule has 1 aliphatic heterocycles. The number of piperazine rings is 1. The van der Waals surface area contributed by atoms with Crippen LogP contribution < -0.4 is 4.90 Å². The summed E-state index contributed by atoms with van der Waals surface area (Å²) in [6, 6.07) is 8.33. The van der Waals surface area contributed by atoms with Gasteiger partial charge in [0.2, 0.25) is 11.8 Å². The fraction of sp³-hybridized carbons (Fsp3) is 0.308. The molecular formula is C13H13N3O3. The second-order valence-corrected chi connectivity index (χ2v) is 4.22. The SMILES string of the molecule is N#CCCN1C(=O)CN(c2cccc(O)c2)CC1=O. The first-order chi connectivity index (χ1) is 9.11. The molecule has 1 aromatic carbocycles. The van der Waals surface area contributed by atoms with Gasteiger partial charge < -0.3 is 10.0 Å². The Balaban J connectivity index is 2.11. The smallest absolute Gasteiger partial charge is 0.248 e. The van der Waals surface area contributed by atoms with Gasteiger partial charge in [0.15, 0.2) is 0 Å². The highest BCUT2D eigenvalue weighted by Crippen LogP contribution is 2.21. The molecule has 1 aromatic rings. The van der Waals surface area contributed by atoms with Crippen LogP contribution in [0, 0.1) is 11.3 Å². The van der Waals surface area contributed by atoms with Crippen LogP contribution in [0.3, 0.4) is 0 Å². The van der Waals surface area contributed by atoms with Gasteiger partial charge in [-0.05, 0) is 12.1 Å². The van der Waals surface area contributed by atoms with E-state index in [4.69, 9.17) is 5.26 Å². The van der Waals surface area contributed by atoms with E-state index < -0.39 is 0 Å². The van der Waals surface area contributed by atoms with Gasteiger partial charge in [-0.2, -0.15) is 5.26 Å². The molecule has 1 heterocycles. The number of nitriles is 1. The molecule has 0 bridgehead atoms. The summed E-state index contributed by atoms with van der Waals surface area (Å²) in [4.78, 5) is 26.5. The van der Waals surface area contributed by atoms with Crippen molar-refractivity contribution in [3.8, 4) is 11.8 Å². The van der Waals surface area contributed by atoms with Crippen molar-refractivity contribution in [3.05, 3.63) is 24.3 Å². The molecule has 0 radical (unpaired) electrons. The standard InChI is InChI=1S/C13H13N3O3/c14-5-2-6-16-12(18)8-15(9-13(16)19)10-3-1-4-11(17)7-10/h1,3-4,7,17H,2,6,8-9H2. The van der Waals surface area contributed by atoms with Crippen molar-refractivity contribution in [1.29, 1.82) is 5.26 Å². The molecule has 2 amide bonds. The largest absolute Gasteiger partial charge is 0.508 e. The first-order valence-corrected chi connectivity index (χ1v) is 5.86. The number of amides is 2. The Labute approximate surface area is 110 Å². The zero-order valence-electron chi connectivity index (χ0n) is 10.2. The van der Waals surface area contributed by atoms with E-state index >= 15 is 0 Å². The number of phenols is 1. The summed E-state index contributed by atoms with van der Waals surface area (Å²) in [5.41, 5.74) is 0.627. The molecule has 0 aromatic heterocycles. The molecule has 0 atom stereocenters. The van der Waals surface area contributed by atoms with Crippen LogP contribution in [0.2, 0.25) is 0 Å². The van der Waals surface area contributed by atoms with Crippen LogP contribution in [0.15, 0.2) is 24.3 Å². The van der Waals surface area contributed by atoms with E-state index in [9.17, 15) is 14.7 Å². The Bertz CT molecular complexity index is 532. The van der Waals surface area contributed by atoms with Crippen molar-refractivity contribution in [2.75, 3.05) is 24.5 Å². The minimum Gasteiger partial charge on any atom is -0.508 e. The average Bonchev–Trinajstić information content (AvgIpc) is 2.37. The average molecular weight is 259 g/mol. The summed E-state index contributed by atoms with van der Waals surface area (Å²) in [5, 5.41) is 17.9.